The van der Waals surface area contributed by atoms with Crippen LogP contribution < -0.4 is 5.56 Å². The van der Waals surface area contributed by atoms with Crippen LogP contribution in [0, 0.1) is 0 Å². The van der Waals surface area contributed by atoms with E-state index < -0.39 is 5.97 Å². The minimum absolute atomic E-state index is 0.164. The number of hydrogen-bond acceptors (Lipinski definition) is 3. The number of carboxylic acid groups (broad SMARTS) is 1. The van der Waals surface area contributed by atoms with Crippen LogP contribution in [0.2, 0.25) is 0 Å². The Bertz CT molecular complexity index is 528. The summed E-state index contributed by atoms with van der Waals surface area (Å²) >= 11 is 6.53. The number of nitrogens with zero attached hydrogens (tertiary/aromatic N) is 1. The van der Waals surface area contributed by atoms with Gasteiger partial charge in [-0.1, -0.05) is 12.8 Å². The molecule has 112 valence electrons. The minimum atomic E-state index is -0.778. The predicted molar refractivity (Wildman–Crippen MR) is 82.7 cm³/mol. The maximum Gasteiger partial charge on any atom is 0.303 e. The first-order valence-corrected chi connectivity index (χ1v) is 7.96. The van der Waals surface area contributed by atoms with Crippen molar-refractivity contribution in [2.45, 2.75) is 45.3 Å². The van der Waals surface area contributed by atoms with E-state index in [0.29, 0.717) is 27.6 Å². The molecule has 0 fully saturated rings. The van der Waals surface area contributed by atoms with Gasteiger partial charge in [-0.25, -0.2) is 0 Å². The largest absolute Gasteiger partial charge is 0.481 e. The lowest BCUT2D eigenvalue weighted by atomic mass is 10.1. The van der Waals surface area contributed by atoms with Crippen LogP contribution in [-0.2, 0) is 17.9 Å². The fourth-order valence-electron chi connectivity index (χ4n) is 1.93. The second-order valence-electron chi connectivity index (χ2n) is 4.46. The average molecular weight is 411 g/mol. The number of rotatable bonds is 8. The van der Waals surface area contributed by atoms with Crippen molar-refractivity contribution in [1.29, 1.82) is 0 Å². The Morgan fingerprint density at radius 1 is 1.15 bits per heavy atom. The van der Waals surface area contributed by atoms with Crippen LogP contribution in [0.25, 0.3) is 0 Å². The molecule has 0 aliphatic carbocycles. The summed E-state index contributed by atoms with van der Waals surface area (Å²) in [4.78, 5) is 22.4. The van der Waals surface area contributed by atoms with E-state index >= 15 is 0 Å². The van der Waals surface area contributed by atoms with Crippen molar-refractivity contribution in [3.8, 4) is 0 Å². The Morgan fingerprint density at radius 2 is 1.80 bits per heavy atom. The second kappa shape index (κ2) is 8.59. The Morgan fingerprint density at radius 3 is 2.40 bits per heavy atom. The van der Waals surface area contributed by atoms with E-state index in [1.165, 1.54) is 0 Å². The first-order valence-electron chi connectivity index (χ1n) is 6.37. The van der Waals surface area contributed by atoms with Crippen LogP contribution >= 0.6 is 31.9 Å². The lowest BCUT2D eigenvalue weighted by molar-refractivity contribution is -0.137. The van der Waals surface area contributed by atoms with E-state index in [0.717, 1.165) is 19.3 Å². The number of halogens is 2. The Hall–Kier alpha value is -0.660. The van der Waals surface area contributed by atoms with Crippen molar-refractivity contribution in [3.05, 3.63) is 31.1 Å². The number of pyridine rings is 1. The molecule has 0 aliphatic heterocycles. The summed E-state index contributed by atoms with van der Waals surface area (Å²) in [7, 11) is 0. The smallest absolute Gasteiger partial charge is 0.303 e. The third-order valence-electron chi connectivity index (χ3n) is 2.98. The van der Waals surface area contributed by atoms with Crippen LogP contribution in [-0.4, -0.2) is 20.7 Å². The molecule has 0 amide bonds. The Labute approximate surface area is 133 Å². The van der Waals surface area contributed by atoms with Crippen LogP contribution in [0.4, 0.5) is 0 Å². The van der Waals surface area contributed by atoms with E-state index in [1.807, 2.05) is 0 Å². The summed E-state index contributed by atoms with van der Waals surface area (Å²) in [6.45, 7) is 0.307. The highest BCUT2D eigenvalue weighted by Gasteiger charge is 2.11. The number of aliphatic hydroxyl groups is 1. The Kier molecular flexibility index (Phi) is 7.47. The van der Waals surface area contributed by atoms with Crippen LogP contribution in [0.5, 0.6) is 0 Å². The zero-order valence-corrected chi connectivity index (χ0v) is 14.1. The predicted octanol–water partition coefficient (Wildman–Crippen LogP) is 2.90. The highest BCUT2D eigenvalue weighted by atomic mass is 79.9. The highest BCUT2D eigenvalue weighted by Crippen LogP contribution is 2.19. The first kappa shape index (κ1) is 17.4. The molecule has 5 nitrogen and oxygen atoms in total. The molecule has 0 aliphatic rings. The molecule has 20 heavy (non-hydrogen) atoms. The monoisotopic (exact) mass is 409 g/mol. The molecule has 1 rings (SSSR count). The summed E-state index contributed by atoms with van der Waals surface area (Å²) in [5.74, 6) is -0.778. The summed E-state index contributed by atoms with van der Waals surface area (Å²) in [5.41, 5.74) is 0.395. The lowest BCUT2D eigenvalue weighted by Gasteiger charge is -2.13. The van der Waals surface area contributed by atoms with Gasteiger partial charge in [-0.05, 0) is 50.8 Å². The third-order valence-corrected chi connectivity index (χ3v) is 4.23. The number of aromatic nitrogens is 1. The van der Waals surface area contributed by atoms with Gasteiger partial charge in [-0.2, -0.15) is 0 Å². The Balaban J connectivity index is 2.59. The maximum absolute atomic E-state index is 12.0. The van der Waals surface area contributed by atoms with Gasteiger partial charge in [0.05, 0.1) is 16.8 Å². The highest BCUT2D eigenvalue weighted by molar-refractivity contribution is 9.11. The number of unbranched alkanes of at least 4 members (excludes halogenated alkanes) is 3. The molecular weight excluding hydrogens is 394 g/mol. The van der Waals surface area contributed by atoms with Crippen molar-refractivity contribution in [2.75, 3.05) is 0 Å². The van der Waals surface area contributed by atoms with Gasteiger partial charge < -0.3 is 14.8 Å². The molecule has 1 aromatic rings. The zero-order chi connectivity index (χ0) is 15.1. The minimum Gasteiger partial charge on any atom is -0.481 e. The van der Waals surface area contributed by atoms with Crippen molar-refractivity contribution in [2.24, 2.45) is 0 Å². The van der Waals surface area contributed by atoms with Crippen LogP contribution in [0.15, 0.2) is 19.8 Å². The van der Waals surface area contributed by atoms with Gasteiger partial charge in [0.25, 0.3) is 5.56 Å². The molecule has 0 radical (unpaired) electrons. The molecule has 0 aromatic carbocycles. The van der Waals surface area contributed by atoms with Gasteiger partial charge in [0.2, 0.25) is 0 Å². The topological polar surface area (TPSA) is 79.5 Å². The summed E-state index contributed by atoms with van der Waals surface area (Å²) in [6, 6.07) is 1.64. The number of carbonyl (C=O) groups is 1. The quantitative estimate of drug-likeness (QED) is 0.645. The van der Waals surface area contributed by atoms with E-state index in [1.54, 1.807) is 10.6 Å². The molecule has 0 saturated heterocycles. The van der Waals surface area contributed by atoms with Gasteiger partial charge >= 0.3 is 5.97 Å². The number of carboxylic acids is 1. The maximum atomic E-state index is 12.0. The van der Waals surface area contributed by atoms with Gasteiger partial charge in [0, 0.05) is 17.4 Å². The zero-order valence-electron chi connectivity index (χ0n) is 10.9. The third kappa shape index (κ3) is 5.03. The number of hydrogen-bond donors (Lipinski definition) is 2. The van der Waals surface area contributed by atoms with Crippen molar-refractivity contribution >= 4 is 37.8 Å². The normalized spacial score (nSPS) is 10.8. The van der Waals surface area contributed by atoms with Crippen molar-refractivity contribution in [3.63, 3.8) is 0 Å². The fourth-order valence-corrected chi connectivity index (χ4v) is 3.25. The van der Waals surface area contributed by atoms with Gasteiger partial charge in [0.15, 0.2) is 0 Å². The summed E-state index contributed by atoms with van der Waals surface area (Å²) in [5, 5.41) is 17.9. The molecule has 0 bridgehead atoms. The summed E-state index contributed by atoms with van der Waals surface area (Å²) in [6.07, 6.45) is 3.29. The summed E-state index contributed by atoms with van der Waals surface area (Å²) < 4.78 is 2.69. The molecule has 1 aromatic heterocycles. The molecule has 1 heterocycles. The van der Waals surface area contributed by atoms with Gasteiger partial charge in [-0.3, -0.25) is 9.59 Å². The SMILES string of the molecule is O=C(O)CCCCCCn1c(CO)c(Br)cc(Br)c1=O. The molecular formula is C13H17Br2NO4. The van der Waals surface area contributed by atoms with E-state index in [9.17, 15) is 14.7 Å². The first-order chi connectivity index (χ1) is 9.47. The number of aliphatic hydroxyl groups excluding tert-OH is 1. The van der Waals surface area contributed by atoms with E-state index in [4.69, 9.17) is 5.11 Å². The van der Waals surface area contributed by atoms with Crippen LogP contribution in [0.1, 0.15) is 37.8 Å². The van der Waals surface area contributed by atoms with Crippen molar-refractivity contribution in [1.82, 2.24) is 4.57 Å². The van der Waals surface area contributed by atoms with Gasteiger partial charge in [0.1, 0.15) is 0 Å². The van der Waals surface area contributed by atoms with Crippen molar-refractivity contribution < 1.29 is 15.0 Å². The van der Waals surface area contributed by atoms with Crippen LogP contribution in [0.3, 0.4) is 0 Å². The average Bonchev–Trinajstić information content (AvgIpc) is 2.38. The standard InChI is InChI=1S/C13H17Br2NO4/c14-9-7-10(15)13(20)16(11(9)8-17)6-4-2-1-3-5-12(18)19/h7,17H,1-6,8H2,(H,18,19). The molecule has 0 saturated carbocycles. The lowest BCUT2D eigenvalue weighted by Crippen LogP contribution is -2.25. The molecule has 0 atom stereocenters. The van der Waals surface area contributed by atoms with E-state index in [2.05, 4.69) is 31.9 Å². The second-order valence-corrected chi connectivity index (χ2v) is 6.17. The fraction of sp³-hybridized carbons (Fsp3) is 0.538. The molecule has 7 heteroatoms. The number of aliphatic carboxylic acids is 1. The molecule has 2 N–H and O–H groups in total. The molecule has 0 spiro atoms. The molecule has 0 unspecified atom stereocenters. The van der Waals surface area contributed by atoms with Gasteiger partial charge in [-0.15, -0.1) is 0 Å². The van der Waals surface area contributed by atoms with E-state index in [-0.39, 0.29) is 18.6 Å².